The first kappa shape index (κ1) is 8.39. The third-order valence-corrected chi connectivity index (χ3v) is 1.98. The topological polar surface area (TPSA) is 26.0 Å². The second-order valence-corrected chi connectivity index (χ2v) is 5.75. The van der Waals surface area contributed by atoms with Crippen molar-refractivity contribution in [3.63, 3.8) is 0 Å². The fourth-order valence-electron chi connectivity index (χ4n) is 0.744. The lowest BCUT2D eigenvalue weighted by atomic mass is 10.4. The van der Waals surface area contributed by atoms with E-state index in [0.29, 0.717) is 0 Å². The summed E-state index contributed by atoms with van der Waals surface area (Å²) in [6.07, 6.45) is 0. The Morgan fingerprint density at radius 3 is 1.75 bits per heavy atom. The van der Waals surface area contributed by atoms with E-state index < -0.39 is 0 Å². The second kappa shape index (κ2) is 2.80. The zero-order chi connectivity index (χ0) is 6.78. The molecule has 8 heavy (non-hydrogen) atoms. The largest absolute Gasteiger partial charge is 0.322 e. The van der Waals surface area contributed by atoms with E-state index in [1.165, 1.54) is 0 Å². The highest BCUT2D eigenvalue weighted by molar-refractivity contribution is 7.40. The van der Waals surface area contributed by atoms with E-state index >= 15 is 0 Å². The molecule has 0 aromatic carbocycles. The first-order valence-electron chi connectivity index (χ1n) is 2.98. The maximum Gasteiger partial charge on any atom is 0.0272 e. The summed E-state index contributed by atoms with van der Waals surface area (Å²) in [5.74, 6) is 0. The number of rotatable bonds is 2. The molecule has 0 aliphatic heterocycles. The molecule has 1 unspecified atom stereocenters. The van der Waals surface area contributed by atoms with Gasteiger partial charge in [0.05, 0.1) is 0 Å². The van der Waals surface area contributed by atoms with Crippen LogP contribution < -0.4 is 5.73 Å². The Morgan fingerprint density at radius 2 is 1.75 bits per heavy atom. The van der Waals surface area contributed by atoms with E-state index in [1.54, 1.807) is 0 Å². The van der Waals surface area contributed by atoms with Crippen LogP contribution in [-0.2, 0) is 0 Å². The summed E-state index contributed by atoms with van der Waals surface area (Å²) in [7, 11) is 0.876. The molecular weight excluding hydrogens is 117 g/mol. The third-order valence-electron chi connectivity index (χ3n) is 0.661. The normalized spacial score (nSPS) is 14.2. The highest BCUT2D eigenvalue weighted by Gasteiger charge is 2.11. The van der Waals surface area contributed by atoms with Crippen molar-refractivity contribution >= 4 is 8.58 Å². The van der Waals surface area contributed by atoms with E-state index in [2.05, 4.69) is 27.7 Å². The lowest BCUT2D eigenvalue weighted by molar-refractivity contribution is 0.741. The van der Waals surface area contributed by atoms with Gasteiger partial charge in [-0.15, -0.1) is 0 Å². The van der Waals surface area contributed by atoms with E-state index in [4.69, 9.17) is 5.73 Å². The van der Waals surface area contributed by atoms with Crippen LogP contribution in [0, 0.1) is 0 Å². The van der Waals surface area contributed by atoms with Crippen molar-refractivity contribution in [1.29, 1.82) is 0 Å². The number of hydrogen-bond donors (Lipinski definition) is 1. The molecule has 0 radical (unpaired) electrons. The molecule has 0 aliphatic carbocycles. The monoisotopic (exact) mass is 133 g/mol. The van der Waals surface area contributed by atoms with Crippen LogP contribution >= 0.6 is 8.58 Å². The van der Waals surface area contributed by atoms with Crippen molar-refractivity contribution in [2.45, 2.75) is 38.6 Å². The zero-order valence-corrected chi connectivity index (χ0v) is 7.15. The highest BCUT2D eigenvalue weighted by atomic mass is 31.1. The highest BCUT2D eigenvalue weighted by Crippen LogP contribution is 2.29. The van der Waals surface area contributed by atoms with E-state index in [1.807, 2.05) is 0 Å². The Balaban J connectivity index is 3.39. The molecule has 0 saturated heterocycles. The summed E-state index contributed by atoms with van der Waals surface area (Å²) >= 11 is 0. The lowest BCUT2D eigenvalue weighted by Gasteiger charge is -2.20. The molecule has 0 bridgehead atoms. The molecule has 0 rings (SSSR count). The molecular formula is C6H16NP. The van der Waals surface area contributed by atoms with Crippen molar-refractivity contribution in [2.24, 2.45) is 5.73 Å². The van der Waals surface area contributed by atoms with Gasteiger partial charge >= 0.3 is 0 Å². The average Bonchev–Trinajstić information content (AvgIpc) is 1.21. The molecule has 50 valence electrons. The van der Waals surface area contributed by atoms with Gasteiger partial charge in [0.15, 0.2) is 0 Å². The Bertz CT molecular complexity index is 63.4. The van der Waals surface area contributed by atoms with Crippen LogP contribution in [0.4, 0.5) is 0 Å². The molecule has 0 amide bonds. The quantitative estimate of drug-likeness (QED) is 0.571. The minimum absolute atomic E-state index is 0.0498. The first-order valence-corrected chi connectivity index (χ1v) is 4.06. The zero-order valence-electron chi connectivity index (χ0n) is 6.15. The van der Waals surface area contributed by atoms with Crippen LogP contribution in [0.1, 0.15) is 27.7 Å². The van der Waals surface area contributed by atoms with Crippen LogP contribution in [0.25, 0.3) is 0 Å². The summed E-state index contributed by atoms with van der Waals surface area (Å²) in [6, 6.07) is 0. The van der Waals surface area contributed by atoms with Gasteiger partial charge in [-0.3, -0.25) is 0 Å². The summed E-state index contributed by atoms with van der Waals surface area (Å²) < 4.78 is 0. The van der Waals surface area contributed by atoms with Gasteiger partial charge < -0.3 is 5.73 Å². The molecule has 0 heterocycles. The lowest BCUT2D eigenvalue weighted by Crippen LogP contribution is -2.27. The molecule has 0 fully saturated rings. The summed E-state index contributed by atoms with van der Waals surface area (Å²) in [6.45, 7) is 8.55. The van der Waals surface area contributed by atoms with Crippen molar-refractivity contribution < 1.29 is 0 Å². The summed E-state index contributed by atoms with van der Waals surface area (Å²) in [4.78, 5) is 0. The van der Waals surface area contributed by atoms with E-state index in [0.717, 1.165) is 14.2 Å². The van der Waals surface area contributed by atoms with Gasteiger partial charge in [0.1, 0.15) is 0 Å². The Kier molecular flexibility index (Phi) is 2.93. The van der Waals surface area contributed by atoms with Crippen LogP contribution in [0.2, 0.25) is 0 Å². The molecule has 0 spiro atoms. The summed E-state index contributed by atoms with van der Waals surface area (Å²) in [5, 5.41) is 0.0498. The van der Waals surface area contributed by atoms with Crippen molar-refractivity contribution in [1.82, 2.24) is 0 Å². The van der Waals surface area contributed by atoms with Gasteiger partial charge in [0.25, 0.3) is 0 Å². The molecule has 2 heteroatoms. The van der Waals surface area contributed by atoms with Gasteiger partial charge in [-0.25, -0.2) is 0 Å². The van der Waals surface area contributed by atoms with Crippen LogP contribution in [0.15, 0.2) is 0 Å². The molecule has 2 N–H and O–H groups in total. The summed E-state index contributed by atoms with van der Waals surface area (Å²) in [5.41, 5.74) is 6.49. The van der Waals surface area contributed by atoms with Gasteiger partial charge in [0.2, 0.25) is 0 Å². The predicted octanol–water partition coefficient (Wildman–Crippen LogP) is 1.77. The molecule has 1 atom stereocenters. The number of nitrogens with two attached hydrogens (primary N) is 1. The minimum atomic E-state index is 0.0498. The van der Waals surface area contributed by atoms with Gasteiger partial charge in [-0.1, -0.05) is 22.4 Å². The van der Waals surface area contributed by atoms with Gasteiger partial charge in [-0.05, 0) is 19.5 Å². The standard InChI is InChI=1S/C6H16NP/c1-5(2)8-6(3,4)7/h5,8H,7H2,1-4H3. The average molecular weight is 133 g/mol. The molecule has 0 aromatic rings. The SMILES string of the molecule is CC(C)PC(C)(C)N. The second-order valence-electron chi connectivity index (χ2n) is 3.02. The Labute approximate surface area is 53.8 Å². The van der Waals surface area contributed by atoms with Gasteiger partial charge in [-0.2, -0.15) is 0 Å². The first-order chi connectivity index (χ1) is 3.42. The molecule has 1 nitrogen and oxygen atoms in total. The minimum Gasteiger partial charge on any atom is -0.322 e. The molecule has 0 aromatic heterocycles. The third kappa shape index (κ3) is 6.39. The van der Waals surface area contributed by atoms with E-state index in [-0.39, 0.29) is 5.28 Å². The van der Waals surface area contributed by atoms with Crippen molar-refractivity contribution in [2.75, 3.05) is 0 Å². The fraction of sp³-hybridized carbons (Fsp3) is 1.00. The maximum atomic E-state index is 5.75. The predicted molar refractivity (Wildman–Crippen MR) is 41.7 cm³/mol. The fourth-order valence-corrected chi connectivity index (χ4v) is 2.23. The molecule has 0 saturated carbocycles. The molecule has 0 aliphatic rings. The Morgan fingerprint density at radius 1 is 1.38 bits per heavy atom. The number of hydrogen-bond acceptors (Lipinski definition) is 1. The van der Waals surface area contributed by atoms with Gasteiger partial charge in [0, 0.05) is 5.28 Å². The maximum absolute atomic E-state index is 5.75. The van der Waals surface area contributed by atoms with Crippen LogP contribution in [0.3, 0.4) is 0 Å². The smallest absolute Gasteiger partial charge is 0.0272 e. The van der Waals surface area contributed by atoms with Crippen molar-refractivity contribution in [3.05, 3.63) is 0 Å². The van der Waals surface area contributed by atoms with Crippen LogP contribution in [0.5, 0.6) is 0 Å². The van der Waals surface area contributed by atoms with E-state index in [9.17, 15) is 0 Å². The Hall–Kier alpha value is 0.390. The van der Waals surface area contributed by atoms with Crippen molar-refractivity contribution in [3.8, 4) is 0 Å². The van der Waals surface area contributed by atoms with Crippen LogP contribution in [-0.4, -0.2) is 10.9 Å².